The minimum absolute atomic E-state index is 0.108. The fraction of sp³-hybridized carbons (Fsp3) is 0.385. The predicted molar refractivity (Wildman–Crippen MR) is 73.0 cm³/mol. The Morgan fingerprint density at radius 1 is 1.47 bits per heavy atom. The van der Waals surface area contributed by atoms with Crippen molar-refractivity contribution in [2.45, 2.75) is 32.2 Å². The Hall–Kier alpha value is -2.08. The Morgan fingerprint density at radius 3 is 2.89 bits per heavy atom. The van der Waals surface area contributed by atoms with E-state index in [4.69, 9.17) is 10.2 Å². The van der Waals surface area contributed by atoms with E-state index in [9.17, 15) is 9.59 Å². The quantitative estimate of drug-likeness (QED) is 0.779. The molecule has 0 saturated carbocycles. The highest BCUT2D eigenvalue weighted by molar-refractivity contribution is 5.92. The van der Waals surface area contributed by atoms with Crippen LogP contribution >= 0.6 is 0 Å². The molecule has 0 saturated heterocycles. The highest BCUT2D eigenvalue weighted by Gasteiger charge is 2.13. The molecule has 19 heavy (non-hydrogen) atoms. The summed E-state index contributed by atoms with van der Waals surface area (Å²) in [6.45, 7) is 3.76. The van der Waals surface area contributed by atoms with Gasteiger partial charge in [-0.15, -0.1) is 0 Å². The van der Waals surface area contributed by atoms with Crippen molar-refractivity contribution >= 4 is 22.7 Å². The number of nitrogens with one attached hydrogen (secondary N) is 2. The molecule has 2 aromatic rings. The van der Waals surface area contributed by atoms with Crippen molar-refractivity contribution in [1.82, 2.24) is 4.98 Å². The summed E-state index contributed by atoms with van der Waals surface area (Å²) in [4.78, 5) is 25.3. The number of rotatable bonds is 4. The molecule has 0 spiro atoms. The molecule has 0 bridgehead atoms. The second-order valence-corrected chi connectivity index (χ2v) is 5.26. The van der Waals surface area contributed by atoms with E-state index in [-0.39, 0.29) is 11.4 Å². The number of H-pyrrole nitrogens is 1. The molecule has 6 heteroatoms. The van der Waals surface area contributed by atoms with Gasteiger partial charge >= 0.3 is 5.76 Å². The maximum Gasteiger partial charge on any atom is 0.417 e. The van der Waals surface area contributed by atoms with Crippen molar-refractivity contribution in [3.63, 3.8) is 0 Å². The fourth-order valence-electron chi connectivity index (χ4n) is 1.69. The first-order valence-corrected chi connectivity index (χ1v) is 6.05. The van der Waals surface area contributed by atoms with E-state index in [1.165, 1.54) is 0 Å². The second kappa shape index (κ2) is 4.89. The Bertz CT molecular complexity index is 649. The third-order valence-electron chi connectivity index (χ3n) is 2.70. The molecular weight excluding hydrogens is 246 g/mol. The molecule has 2 rings (SSSR count). The van der Waals surface area contributed by atoms with Crippen LogP contribution in [0, 0.1) is 0 Å². The van der Waals surface area contributed by atoms with Gasteiger partial charge in [0.2, 0.25) is 5.91 Å². The van der Waals surface area contributed by atoms with Gasteiger partial charge in [-0.2, -0.15) is 0 Å². The van der Waals surface area contributed by atoms with Gasteiger partial charge < -0.3 is 15.5 Å². The first-order chi connectivity index (χ1) is 8.83. The van der Waals surface area contributed by atoms with E-state index in [2.05, 4.69) is 10.3 Å². The number of fused-ring (bicyclic) bond motifs is 1. The molecule has 0 radical (unpaired) electrons. The van der Waals surface area contributed by atoms with Gasteiger partial charge in [0.1, 0.15) is 0 Å². The first kappa shape index (κ1) is 13.4. The maximum atomic E-state index is 11.7. The van der Waals surface area contributed by atoms with E-state index in [1.807, 2.05) is 13.8 Å². The topological polar surface area (TPSA) is 101 Å². The number of carbonyl (C=O) groups is 1. The highest BCUT2D eigenvalue weighted by atomic mass is 16.4. The Kier molecular flexibility index (Phi) is 3.44. The van der Waals surface area contributed by atoms with Gasteiger partial charge in [-0.3, -0.25) is 9.78 Å². The van der Waals surface area contributed by atoms with Gasteiger partial charge in [0, 0.05) is 17.6 Å². The largest absolute Gasteiger partial charge is 0.417 e. The standard InChI is InChI=1S/C13H17N3O3/c1-13(2,14)6-5-11(17)15-8-3-4-10-9(7-8)16-12(18)19-10/h3-4,7H,5-6,14H2,1-2H3,(H,15,17)(H,16,18). The normalized spacial score (nSPS) is 11.7. The van der Waals surface area contributed by atoms with Crippen molar-refractivity contribution in [2.24, 2.45) is 5.73 Å². The third-order valence-corrected chi connectivity index (χ3v) is 2.70. The van der Waals surface area contributed by atoms with E-state index >= 15 is 0 Å². The lowest BCUT2D eigenvalue weighted by molar-refractivity contribution is -0.116. The van der Waals surface area contributed by atoms with Crippen LogP contribution in [-0.4, -0.2) is 16.4 Å². The summed E-state index contributed by atoms with van der Waals surface area (Å²) in [7, 11) is 0. The molecule has 1 aromatic carbocycles. The van der Waals surface area contributed by atoms with Crippen LogP contribution in [0.3, 0.4) is 0 Å². The molecule has 0 aliphatic rings. The molecule has 0 aliphatic carbocycles. The Balaban J connectivity index is 2.04. The fourth-order valence-corrected chi connectivity index (χ4v) is 1.69. The summed E-state index contributed by atoms with van der Waals surface area (Å²) in [5, 5.41) is 2.76. The molecule has 4 N–H and O–H groups in total. The summed E-state index contributed by atoms with van der Waals surface area (Å²) >= 11 is 0. The number of anilines is 1. The van der Waals surface area contributed by atoms with Crippen LogP contribution in [0.2, 0.25) is 0 Å². The van der Waals surface area contributed by atoms with Gasteiger partial charge in [0.25, 0.3) is 0 Å². The van der Waals surface area contributed by atoms with Crippen molar-refractivity contribution in [3.05, 3.63) is 28.7 Å². The number of oxazole rings is 1. The maximum absolute atomic E-state index is 11.7. The lowest BCUT2D eigenvalue weighted by Gasteiger charge is -2.17. The van der Waals surface area contributed by atoms with E-state index < -0.39 is 5.76 Å². The van der Waals surface area contributed by atoms with Crippen molar-refractivity contribution in [3.8, 4) is 0 Å². The van der Waals surface area contributed by atoms with Gasteiger partial charge in [-0.1, -0.05) is 0 Å². The van der Waals surface area contributed by atoms with Gasteiger partial charge in [-0.25, -0.2) is 4.79 Å². The molecule has 0 atom stereocenters. The minimum atomic E-state index is -0.511. The van der Waals surface area contributed by atoms with Crippen LogP contribution in [0.5, 0.6) is 0 Å². The molecule has 0 aliphatic heterocycles. The van der Waals surface area contributed by atoms with Crippen LogP contribution in [0.15, 0.2) is 27.4 Å². The number of hydrogen-bond acceptors (Lipinski definition) is 4. The molecule has 0 unspecified atom stereocenters. The summed E-state index contributed by atoms with van der Waals surface area (Å²) in [5.41, 5.74) is 7.09. The van der Waals surface area contributed by atoms with Crippen molar-refractivity contribution in [1.29, 1.82) is 0 Å². The van der Waals surface area contributed by atoms with Crippen LogP contribution in [-0.2, 0) is 4.79 Å². The van der Waals surface area contributed by atoms with E-state index in [0.29, 0.717) is 29.6 Å². The number of hydrogen-bond donors (Lipinski definition) is 3. The number of nitrogens with two attached hydrogens (primary N) is 1. The predicted octanol–water partition coefficient (Wildman–Crippen LogP) is 1.58. The minimum Gasteiger partial charge on any atom is -0.408 e. The molecule has 6 nitrogen and oxygen atoms in total. The Labute approximate surface area is 110 Å². The number of aromatic nitrogens is 1. The number of carbonyl (C=O) groups excluding carboxylic acids is 1. The van der Waals surface area contributed by atoms with Crippen molar-refractivity contribution < 1.29 is 9.21 Å². The van der Waals surface area contributed by atoms with Crippen molar-refractivity contribution in [2.75, 3.05) is 5.32 Å². The highest BCUT2D eigenvalue weighted by Crippen LogP contribution is 2.17. The summed E-state index contributed by atoms with van der Waals surface area (Å²) in [5.74, 6) is -0.618. The number of aromatic amines is 1. The monoisotopic (exact) mass is 263 g/mol. The second-order valence-electron chi connectivity index (χ2n) is 5.26. The first-order valence-electron chi connectivity index (χ1n) is 6.05. The average molecular weight is 263 g/mol. The van der Waals surface area contributed by atoms with Crippen LogP contribution < -0.4 is 16.8 Å². The lowest BCUT2D eigenvalue weighted by atomic mass is 10.00. The van der Waals surface area contributed by atoms with Gasteiger partial charge in [0.15, 0.2) is 5.58 Å². The zero-order valence-electron chi connectivity index (χ0n) is 10.9. The van der Waals surface area contributed by atoms with Crippen LogP contribution in [0.25, 0.3) is 11.1 Å². The zero-order valence-corrected chi connectivity index (χ0v) is 10.9. The lowest BCUT2D eigenvalue weighted by Crippen LogP contribution is -2.33. The molecule has 1 aromatic heterocycles. The Morgan fingerprint density at radius 2 is 2.21 bits per heavy atom. The summed E-state index contributed by atoms with van der Waals surface area (Å²) in [6.07, 6.45) is 0.951. The van der Waals surface area contributed by atoms with E-state index in [0.717, 1.165) is 0 Å². The average Bonchev–Trinajstić information content (AvgIpc) is 2.65. The van der Waals surface area contributed by atoms with Crippen LogP contribution in [0.4, 0.5) is 5.69 Å². The SMILES string of the molecule is CC(C)(N)CCC(=O)Nc1ccc2oc(=O)[nH]c2c1. The smallest absolute Gasteiger partial charge is 0.408 e. The van der Waals surface area contributed by atoms with Gasteiger partial charge in [0.05, 0.1) is 5.52 Å². The molecular formula is C13H17N3O3. The molecule has 102 valence electrons. The molecule has 1 heterocycles. The summed E-state index contributed by atoms with van der Waals surface area (Å²) in [6, 6.07) is 4.98. The number of amides is 1. The third kappa shape index (κ3) is 3.69. The molecule has 0 fully saturated rings. The van der Waals surface area contributed by atoms with Gasteiger partial charge in [-0.05, 0) is 38.5 Å². The van der Waals surface area contributed by atoms with Crippen LogP contribution in [0.1, 0.15) is 26.7 Å². The molecule has 1 amide bonds. The zero-order chi connectivity index (χ0) is 14.0. The summed E-state index contributed by atoms with van der Waals surface area (Å²) < 4.78 is 4.88. The number of benzene rings is 1. The van der Waals surface area contributed by atoms with E-state index in [1.54, 1.807) is 18.2 Å².